The van der Waals surface area contributed by atoms with Crippen LogP contribution >= 0.6 is 35.7 Å². The summed E-state index contributed by atoms with van der Waals surface area (Å²) in [5.74, 6) is -2.97. The average Bonchev–Trinajstić information content (AvgIpc) is 3.61. The highest BCUT2D eigenvalue weighted by molar-refractivity contribution is 7.78. The third kappa shape index (κ3) is 7.29. The third-order valence-electron chi connectivity index (χ3n) is 8.41. The maximum absolute atomic E-state index is 13.3. The number of fused-ring (bicyclic) bond motifs is 6. The Morgan fingerprint density at radius 2 is 1.62 bits per heavy atom. The molecule has 1 saturated heterocycles. The Balaban J connectivity index is 1.13. The number of hydrogen-bond acceptors (Lipinski definition) is 18. The lowest BCUT2D eigenvalue weighted by Crippen LogP contribution is -2.33. The molecule has 1 spiro atoms. The summed E-state index contributed by atoms with van der Waals surface area (Å²) in [6.07, 6.45) is -3.37. The number of aliphatic imine (C=N–C) groups is 1. The number of H-pyrrole nitrogens is 1. The number of phenolic OH excluding ortho intramolecular Hbond substituents is 1. The summed E-state index contributed by atoms with van der Waals surface area (Å²) in [7, 11) is -17.8. The highest BCUT2D eigenvalue weighted by Crippen LogP contribution is 2.67. The van der Waals surface area contributed by atoms with E-state index in [2.05, 4.69) is 23.3 Å². The van der Waals surface area contributed by atoms with E-state index in [4.69, 9.17) is 31.0 Å². The molecule has 3 aliphatic rings. The molecular formula is C30H24N3O19P3S. The topological polar surface area (TPSA) is 321 Å². The van der Waals surface area contributed by atoms with Gasteiger partial charge in [-0.2, -0.15) is 13.6 Å². The van der Waals surface area contributed by atoms with Crippen LogP contribution in [0.1, 0.15) is 39.7 Å². The van der Waals surface area contributed by atoms with Gasteiger partial charge in [-0.3, -0.25) is 24.1 Å². The minimum absolute atomic E-state index is 0.0219. The molecule has 294 valence electrons. The predicted octanol–water partition coefficient (Wildman–Crippen LogP) is 2.98. The standard InChI is InChI=1S/C30H24N3O19P3S/c34-12-24-20(36)10-25(47-24)33-11-23(27(37)32-29(33)39)50-54(42,43)52-55(44,45)51-53(40,41)49-15-5-7-17-22(9-15)46-21-8-14(35)4-6-16(21)30(17)18-2-1-3-19(31-13-56)26(18)28(38)48-30/h1-9,11,20,24-25,34-36H,10,12H2,(H,40,41)(H,42,43)(H,44,45)(H,32,37,39)/t20-,24+,25+,30?/m0/s1. The van der Waals surface area contributed by atoms with Crippen molar-refractivity contribution in [3.63, 3.8) is 0 Å². The molecule has 0 aliphatic carbocycles. The van der Waals surface area contributed by atoms with E-state index in [9.17, 15) is 58.1 Å². The number of nitrogens with one attached hydrogen (secondary N) is 1. The lowest BCUT2D eigenvalue weighted by molar-refractivity contribution is -0.0460. The lowest BCUT2D eigenvalue weighted by atomic mass is 9.77. The van der Waals surface area contributed by atoms with E-state index in [0.717, 1.165) is 12.1 Å². The van der Waals surface area contributed by atoms with E-state index in [-0.39, 0.29) is 51.6 Å². The number of aliphatic hydroxyl groups is 2. The Kier molecular flexibility index (Phi) is 10.1. The van der Waals surface area contributed by atoms with Gasteiger partial charge in [0.1, 0.15) is 35.3 Å². The highest BCUT2D eigenvalue weighted by Gasteiger charge is 2.55. The number of hydrogen-bond donors (Lipinski definition) is 7. The number of carbonyl (C=O) groups excluding carboxylic acids is 1. The van der Waals surface area contributed by atoms with Crippen LogP contribution in [0.25, 0.3) is 0 Å². The van der Waals surface area contributed by atoms with Crippen molar-refractivity contribution >= 4 is 52.5 Å². The second-order valence-electron chi connectivity index (χ2n) is 11.9. The number of phosphoric acid groups is 3. The van der Waals surface area contributed by atoms with E-state index < -0.39 is 82.8 Å². The summed E-state index contributed by atoms with van der Waals surface area (Å²) in [6, 6.07) is 12.0. The third-order valence-corrected chi connectivity index (χ3v) is 12.7. The number of carbonyl (C=O) groups is 1. The van der Waals surface area contributed by atoms with Crippen LogP contribution < -0.4 is 25.0 Å². The van der Waals surface area contributed by atoms with Gasteiger partial charge in [0.2, 0.25) is 5.75 Å². The number of rotatable bonds is 11. The number of aromatic amines is 1. The Morgan fingerprint density at radius 3 is 2.30 bits per heavy atom. The maximum Gasteiger partial charge on any atom is 0.536 e. The number of esters is 1. The first-order valence-corrected chi connectivity index (χ1v) is 20.5. The molecular weight excluding hydrogens is 831 g/mol. The van der Waals surface area contributed by atoms with Gasteiger partial charge in [0, 0.05) is 35.2 Å². The summed E-state index contributed by atoms with van der Waals surface area (Å²) in [5.41, 5.74) is -3.41. The van der Waals surface area contributed by atoms with Crippen molar-refractivity contribution < 1.29 is 80.4 Å². The summed E-state index contributed by atoms with van der Waals surface area (Å²) in [5, 5.41) is 31.7. The van der Waals surface area contributed by atoms with E-state index in [1.165, 1.54) is 30.3 Å². The number of nitrogens with zero attached hydrogens (tertiary/aromatic N) is 2. The first kappa shape index (κ1) is 39.4. The van der Waals surface area contributed by atoms with Crippen LogP contribution in [0.3, 0.4) is 0 Å². The summed E-state index contributed by atoms with van der Waals surface area (Å²) < 4.78 is 73.9. The zero-order valence-corrected chi connectivity index (χ0v) is 31.1. The van der Waals surface area contributed by atoms with Gasteiger partial charge in [0.25, 0.3) is 5.56 Å². The molecule has 7 N–H and O–H groups in total. The fourth-order valence-corrected chi connectivity index (χ4v) is 9.88. The molecule has 0 amide bonds. The predicted molar refractivity (Wildman–Crippen MR) is 187 cm³/mol. The molecule has 1 fully saturated rings. The molecule has 7 rings (SSSR count). The van der Waals surface area contributed by atoms with Gasteiger partial charge in [0.05, 0.1) is 35.3 Å². The molecule has 7 atom stereocenters. The first-order chi connectivity index (χ1) is 26.3. The quantitative estimate of drug-likeness (QED) is 0.0493. The Labute approximate surface area is 316 Å². The van der Waals surface area contributed by atoms with Gasteiger partial charge < -0.3 is 43.5 Å². The minimum Gasteiger partial charge on any atom is -0.508 e. The smallest absolute Gasteiger partial charge is 0.508 e. The highest BCUT2D eigenvalue weighted by atomic mass is 32.1. The van der Waals surface area contributed by atoms with Crippen LogP contribution in [0.15, 0.2) is 75.4 Å². The molecule has 4 heterocycles. The van der Waals surface area contributed by atoms with Crippen molar-refractivity contribution in [1.29, 1.82) is 0 Å². The molecule has 56 heavy (non-hydrogen) atoms. The lowest BCUT2D eigenvalue weighted by Gasteiger charge is -2.36. The molecule has 0 radical (unpaired) electrons. The SMILES string of the molecule is O=C1OC2(c3ccc(O)cc3Oc3cc(OP(=O)(O)OP(=O)(O)OP(=O)(O)Oc4cn([C@H]5C[C@H](O)[C@@H](CO)O5)c(=O)[nH]c4=O)ccc32)c2cccc(N=C=S)c21. The van der Waals surface area contributed by atoms with Gasteiger partial charge in [0.15, 0.2) is 5.60 Å². The molecule has 22 nitrogen and oxygen atoms in total. The minimum atomic E-state index is -6.12. The number of isothiocyanates is 1. The van der Waals surface area contributed by atoms with Crippen molar-refractivity contribution in [1.82, 2.24) is 9.55 Å². The monoisotopic (exact) mass is 855 g/mol. The van der Waals surface area contributed by atoms with Crippen LogP contribution in [-0.4, -0.2) is 69.5 Å². The van der Waals surface area contributed by atoms with Gasteiger partial charge in [-0.1, -0.05) is 12.1 Å². The maximum atomic E-state index is 13.3. The van der Waals surface area contributed by atoms with E-state index in [0.29, 0.717) is 10.8 Å². The number of ether oxygens (including phenoxy) is 3. The van der Waals surface area contributed by atoms with Crippen molar-refractivity contribution in [2.75, 3.05) is 6.61 Å². The van der Waals surface area contributed by atoms with Gasteiger partial charge in [-0.15, -0.1) is 0 Å². The average molecular weight is 856 g/mol. The zero-order chi connectivity index (χ0) is 40.4. The molecule has 4 aromatic rings. The fourth-order valence-electron chi connectivity index (χ4n) is 6.28. The normalized spacial score (nSPS) is 23.9. The Morgan fingerprint density at radius 1 is 0.946 bits per heavy atom. The molecule has 3 aliphatic heterocycles. The molecule has 26 heteroatoms. The number of aromatic nitrogens is 2. The van der Waals surface area contributed by atoms with E-state index in [1.807, 2.05) is 0 Å². The second-order valence-corrected chi connectivity index (χ2v) is 16.6. The van der Waals surface area contributed by atoms with Crippen LogP contribution in [0.4, 0.5) is 5.69 Å². The van der Waals surface area contributed by atoms with Gasteiger partial charge in [-0.25, -0.2) is 23.3 Å². The van der Waals surface area contributed by atoms with Crippen molar-refractivity contribution in [2.45, 2.75) is 30.5 Å². The number of aromatic hydroxyl groups is 1. The van der Waals surface area contributed by atoms with Gasteiger partial charge in [-0.05, 0) is 42.5 Å². The molecule has 4 unspecified atom stereocenters. The van der Waals surface area contributed by atoms with Crippen LogP contribution in [0.5, 0.6) is 28.7 Å². The van der Waals surface area contributed by atoms with Crippen molar-refractivity contribution in [2.24, 2.45) is 4.99 Å². The van der Waals surface area contributed by atoms with Crippen molar-refractivity contribution in [3.05, 3.63) is 104 Å². The van der Waals surface area contributed by atoms with E-state index in [1.54, 1.807) is 17.1 Å². The van der Waals surface area contributed by atoms with Crippen LogP contribution in [-0.2, 0) is 37.4 Å². The largest absolute Gasteiger partial charge is 0.536 e. The van der Waals surface area contributed by atoms with Crippen molar-refractivity contribution in [3.8, 4) is 28.7 Å². The number of phosphoric ester groups is 2. The van der Waals surface area contributed by atoms with Crippen LogP contribution in [0, 0.1) is 0 Å². The summed E-state index contributed by atoms with van der Waals surface area (Å²) >= 11 is 4.72. The summed E-state index contributed by atoms with van der Waals surface area (Å²) in [4.78, 5) is 74.4. The van der Waals surface area contributed by atoms with E-state index >= 15 is 0 Å². The summed E-state index contributed by atoms with van der Waals surface area (Å²) in [6.45, 7) is -0.636. The molecule has 1 aromatic heterocycles. The number of phenols is 1. The number of aliphatic hydroxyl groups excluding tert-OH is 2. The molecule has 3 aromatic carbocycles. The second kappa shape index (κ2) is 14.3. The van der Waals surface area contributed by atoms with Gasteiger partial charge >= 0.3 is 35.1 Å². The number of thiocarbonyl (C=S) groups is 1. The molecule has 0 bridgehead atoms. The molecule has 0 saturated carbocycles. The Hall–Kier alpha value is -4.82. The fraction of sp³-hybridized carbons (Fsp3) is 0.200. The number of benzene rings is 3. The Bertz CT molecular complexity index is 2630. The first-order valence-electron chi connectivity index (χ1n) is 15.6. The zero-order valence-electron chi connectivity index (χ0n) is 27.6. The van der Waals surface area contributed by atoms with Crippen LogP contribution in [0.2, 0.25) is 0 Å².